The van der Waals surface area contributed by atoms with Gasteiger partial charge in [0.2, 0.25) is 11.8 Å². The number of ether oxygens (including phenoxy) is 2. The summed E-state index contributed by atoms with van der Waals surface area (Å²) in [6.07, 6.45) is 1.67. The molecule has 6 nitrogen and oxygen atoms in total. The van der Waals surface area contributed by atoms with Gasteiger partial charge in [-0.25, -0.2) is 4.98 Å². The van der Waals surface area contributed by atoms with Crippen LogP contribution in [0.15, 0.2) is 12.3 Å². The number of aromatic nitrogens is 2. The van der Waals surface area contributed by atoms with Crippen molar-refractivity contribution in [2.75, 3.05) is 31.7 Å². The predicted octanol–water partition coefficient (Wildman–Crippen LogP) is 1.12. The molecule has 0 bridgehead atoms. The minimum atomic E-state index is -0.170. The highest BCUT2D eigenvalue weighted by molar-refractivity contribution is 5.74. The number of anilines is 1. The third-order valence-corrected chi connectivity index (χ3v) is 3.31. The van der Waals surface area contributed by atoms with E-state index in [9.17, 15) is 4.79 Å². The lowest BCUT2D eigenvalue weighted by Crippen LogP contribution is -2.25. The van der Waals surface area contributed by atoms with Crippen LogP contribution in [0.4, 0.5) is 5.95 Å². The summed E-state index contributed by atoms with van der Waals surface area (Å²) in [7, 11) is 1.42. The van der Waals surface area contributed by atoms with Crippen LogP contribution in [0.2, 0.25) is 0 Å². The average Bonchev–Trinajstić information content (AvgIpc) is 2.81. The van der Waals surface area contributed by atoms with Crippen molar-refractivity contribution >= 4 is 11.9 Å². The second-order valence-corrected chi connectivity index (χ2v) is 4.64. The topological polar surface area (TPSA) is 64.5 Å². The Morgan fingerprint density at radius 2 is 2.32 bits per heavy atom. The molecule has 1 aliphatic rings. The zero-order chi connectivity index (χ0) is 13.8. The Morgan fingerprint density at radius 3 is 3.00 bits per heavy atom. The molecule has 0 aliphatic carbocycles. The smallest absolute Gasteiger partial charge is 0.310 e. The Balaban J connectivity index is 2.11. The molecule has 6 heteroatoms. The van der Waals surface area contributed by atoms with Crippen molar-refractivity contribution in [1.29, 1.82) is 0 Å². The molecule has 1 saturated heterocycles. The molecular formula is C13H19N3O3. The molecule has 0 N–H and O–H groups in total. The zero-order valence-corrected chi connectivity index (χ0v) is 11.5. The van der Waals surface area contributed by atoms with E-state index in [4.69, 9.17) is 9.47 Å². The fourth-order valence-corrected chi connectivity index (χ4v) is 2.30. The molecule has 0 saturated carbocycles. The van der Waals surface area contributed by atoms with Crippen molar-refractivity contribution in [3.8, 4) is 5.88 Å². The van der Waals surface area contributed by atoms with E-state index in [2.05, 4.69) is 9.97 Å². The first-order valence-electron chi connectivity index (χ1n) is 6.44. The first-order valence-corrected chi connectivity index (χ1v) is 6.44. The van der Waals surface area contributed by atoms with Crippen LogP contribution in [0.25, 0.3) is 0 Å². The molecule has 1 fully saturated rings. The van der Waals surface area contributed by atoms with Gasteiger partial charge < -0.3 is 14.4 Å². The lowest BCUT2D eigenvalue weighted by Gasteiger charge is -2.16. The summed E-state index contributed by atoms with van der Waals surface area (Å²) in [5.74, 6) is 1.10. The maximum absolute atomic E-state index is 11.7. The summed E-state index contributed by atoms with van der Waals surface area (Å²) in [4.78, 5) is 22.2. The SMILES string of the molecule is CCOc1ccnc(N2CC(C)C(C(=O)OC)C2)n1. The number of rotatable bonds is 4. The van der Waals surface area contributed by atoms with E-state index in [-0.39, 0.29) is 17.8 Å². The van der Waals surface area contributed by atoms with Crippen LogP contribution >= 0.6 is 0 Å². The lowest BCUT2D eigenvalue weighted by atomic mass is 9.99. The molecule has 1 aromatic rings. The molecule has 0 aromatic carbocycles. The van der Waals surface area contributed by atoms with Crippen LogP contribution in [-0.4, -0.2) is 42.7 Å². The van der Waals surface area contributed by atoms with Crippen molar-refractivity contribution in [3.05, 3.63) is 12.3 Å². The van der Waals surface area contributed by atoms with Gasteiger partial charge in [-0.05, 0) is 12.8 Å². The number of methoxy groups -OCH3 is 1. The van der Waals surface area contributed by atoms with E-state index in [1.54, 1.807) is 12.3 Å². The number of carbonyl (C=O) groups excluding carboxylic acids is 1. The number of hydrogen-bond acceptors (Lipinski definition) is 6. The van der Waals surface area contributed by atoms with Crippen molar-refractivity contribution in [1.82, 2.24) is 9.97 Å². The van der Waals surface area contributed by atoms with Crippen molar-refractivity contribution in [2.45, 2.75) is 13.8 Å². The fraction of sp³-hybridized carbons (Fsp3) is 0.615. The van der Waals surface area contributed by atoms with E-state index in [1.807, 2.05) is 18.7 Å². The first kappa shape index (κ1) is 13.6. The van der Waals surface area contributed by atoms with Gasteiger partial charge in [0.1, 0.15) is 0 Å². The van der Waals surface area contributed by atoms with Gasteiger partial charge >= 0.3 is 5.97 Å². The van der Waals surface area contributed by atoms with Gasteiger partial charge in [-0.2, -0.15) is 4.98 Å². The number of nitrogens with zero attached hydrogens (tertiary/aromatic N) is 3. The van der Waals surface area contributed by atoms with Gasteiger partial charge in [-0.3, -0.25) is 4.79 Å². The van der Waals surface area contributed by atoms with Gasteiger partial charge in [0.15, 0.2) is 0 Å². The molecular weight excluding hydrogens is 246 g/mol. The maximum Gasteiger partial charge on any atom is 0.310 e. The average molecular weight is 265 g/mol. The Hall–Kier alpha value is -1.85. The van der Waals surface area contributed by atoms with E-state index < -0.39 is 0 Å². The van der Waals surface area contributed by atoms with Crippen LogP contribution in [0.1, 0.15) is 13.8 Å². The highest BCUT2D eigenvalue weighted by atomic mass is 16.5. The normalized spacial score (nSPS) is 22.4. The minimum Gasteiger partial charge on any atom is -0.478 e. The Morgan fingerprint density at radius 1 is 1.53 bits per heavy atom. The molecule has 2 atom stereocenters. The van der Waals surface area contributed by atoms with Crippen LogP contribution in [0.3, 0.4) is 0 Å². The van der Waals surface area contributed by atoms with Gasteiger partial charge in [-0.15, -0.1) is 0 Å². The standard InChI is InChI=1S/C13H19N3O3/c1-4-19-11-5-6-14-13(15-11)16-7-9(2)10(8-16)12(17)18-3/h5-6,9-10H,4,7-8H2,1-3H3. The Kier molecular flexibility index (Phi) is 4.19. The molecule has 2 heterocycles. The third-order valence-electron chi connectivity index (χ3n) is 3.31. The van der Waals surface area contributed by atoms with Crippen LogP contribution in [0.5, 0.6) is 5.88 Å². The van der Waals surface area contributed by atoms with Crippen LogP contribution < -0.4 is 9.64 Å². The summed E-state index contributed by atoms with van der Waals surface area (Å²) < 4.78 is 10.2. The highest BCUT2D eigenvalue weighted by Gasteiger charge is 2.36. The monoisotopic (exact) mass is 265 g/mol. The van der Waals surface area contributed by atoms with Crippen molar-refractivity contribution in [2.24, 2.45) is 11.8 Å². The first-order chi connectivity index (χ1) is 9.15. The summed E-state index contributed by atoms with van der Waals surface area (Å²) >= 11 is 0. The molecule has 19 heavy (non-hydrogen) atoms. The van der Waals surface area contributed by atoms with E-state index in [1.165, 1.54) is 7.11 Å². The molecule has 0 spiro atoms. The van der Waals surface area contributed by atoms with Gasteiger partial charge in [0.05, 0.1) is 19.6 Å². The second kappa shape index (κ2) is 5.86. The van der Waals surface area contributed by atoms with E-state index in [0.29, 0.717) is 25.0 Å². The zero-order valence-electron chi connectivity index (χ0n) is 11.5. The van der Waals surface area contributed by atoms with E-state index in [0.717, 1.165) is 6.54 Å². The summed E-state index contributed by atoms with van der Waals surface area (Å²) in [5, 5.41) is 0. The summed E-state index contributed by atoms with van der Waals surface area (Å²) in [5.41, 5.74) is 0. The van der Waals surface area contributed by atoms with Gasteiger partial charge in [0.25, 0.3) is 0 Å². The number of esters is 1. The molecule has 1 aliphatic heterocycles. The largest absolute Gasteiger partial charge is 0.478 e. The molecule has 0 amide bonds. The third kappa shape index (κ3) is 2.94. The lowest BCUT2D eigenvalue weighted by molar-refractivity contribution is -0.145. The molecule has 1 aromatic heterocycles. The summed E-state index contributed by atoms with van der Waals surface area (Å²) in [6.45, 7) is 5.84. The number of carbonyl (C=O) groups is 1. The highest BCUT2D eigenvalue weighted by Crippen LogP contribution is 2.27. The van der Waals surface area contributed by atoms with Crippen molar-refractivity contribution < 1.29 is 14.3 Å². The molecule has 2 unspecified atom stereocenters. The summed E-state index contributed by atoms with van der Waals surface area (Å²) in [6, 6.07) is 1.73. The Bertz CT molecular complexity index is 453. The maximum atomic E-state index is 11.7. The second-order valence-electron chi connectivity index (χ2n) is 4.64. The molecule has 0 radical (unpaired) electrons. The molecule has 2 rings (SSSR count). The minimum absolute atomic E-state index is 0.121. The number of hydrogen-bond donors (Lipinski definition) is 0. The quantitative estimate of drug-likeness (QED) is 0.760. The van der Waals surface area contributed by atoms with Crippen molar-refractivity contribution in [3.63, 3.8) is 0 Å². The molecule has 104 valence electrons. The van der Waals surface area contributed by atoms with Crippen LogP contribution in [-0.2, 0) is 9.53 Å². The Labute approximate surface area is 112 Å². The van der Waals surface area contributed by atoms with Crippen LogP contribution in [0, 0.1) is 11.8 Å². The fourth-order valence-electron chi connectivity index (χ4n) is 2.30. The van der Waals surface area contributed by atoms with Gasteiger partial charge in [-0.1, -0.05) is 6.92 Å². The predicted molar refractivity (Wildman–Crippen MR) is 70.1 cm³/mol. The van der Waals surface area contributed by atoms with Gasteiger partial charge in [0, 0.05) is 25.4 Å². The van der Waals surface area contributed by atoms with E-state index >= 15 is 0 Å².